The molecule has 2 rings (SSSR count). The summed E-state index contributed by atoms with van der Waals surface area (Å²) in [4.78, 5) is 12.2. The Morgan fingerprint density at radius 3 is 2.40 bits per heavy atom. The van der Waals surface area contributed by atoms with Gasteiger partial charge in [-0.25, -0.2) is 0 Å². The summed E-state index contributed by atoms with van der Waals surface area (Å²) < 4.78 is 0.902. The van der Waals surface area contributed by atoms with Crippen LogP contribution < -0.4 is 5.32 Å². The third-order valence-corrected chi connectivity index (χ3v) is 3.94. The van der Waals surface area contributed by atoms with E-state index in [9.17, 15) is 9.90 Å². The van der Waals surface area contributed by atoms with Gasteiger partial charge in [-0.3, -0.25) is 4.79 Å². The van der Waals surface area contributed by atoms with Gasteiger partial charge in [0.05, 0.1) is 18.2 Å². The van der Waals surface area contributed by atoms with E-state index in [2.05, 4.69) is 27.9 Å². The Bertz CT molecular complexity index is 572. The molecule has 0 fully saturated rings. The number of amides is 1. The molecule has 0 aliphatic rings. The minimum atomic E-state index is -0.277. The molecular formula is C16H16INO2. The lowest BCUT2D eigenvalue weighted by atomic mass is 10.1. The third kappa shape index (κ3) is 4.05. The fourth-order valence-electron chi connectivity index (χ4n) is 1.97. The molecule has 0 aliphatic carbocycles. The second-order valence-corrected chi connectivity index (χ2v) is 5.68. The lowest BCUT2D eigenvalue weighted by Crippen LogP contribution is -2.39. The molecule has 0 bridgehead atoms. The summed E-state index contributed by atoms with van der Waals surface area (Å²) in [5.41, 5.74) is 1.73. The average Bonchev–Trinajstić information content (AvgIpc) is 2.48. The summed E-state index contributed by atoms with van der Waals surface area (Å²) in [5.74, 6) is -0.148. The predicted octanol–water partition coefficient (Wildman–Crippen LogP) is 2.62. The Balaban J connectivity index is 2.03. The standard InChI is InChI=1S/C16H16INO2/c17-15-9-5-4-8-14(15)16(20)18-13(11-19)10-12-6-2-1-3-7-12/h1-9,13,19H,10-11H2,(H,18,20)/t13-/m1/s1. The van der Waals surface area contributed by atoms with Gasteiger partial charge in [-0.05, 0) is 46.7 Å². The summed E-state index contributed by atoms with van der Waals surface area (Å²) in [6.45, 7) is -0.0793. The van der Waals surface area contributed by atoms with Crippen molar-refractivity contribution in [3.8, 4) is 0 Å². The van der Waals surface area contributed by atoms with Crippen molar-refractivity contribution in [2.45, 2.75) is 12.5 Å². The molecule has 2 N–H and O–H groups in total. The predicted molar refractivity (Wildman–Crippen MR) is 87.6 cm³/mol. The first-order chi connectivity index (χ1) is 9.70. The molecule has 0 saturated carbocycles. The number of nitrogens with one attached hydrogen (secondary N) is 1. The normalized spacial score (nSPS) is 11.9. The van der Waals surface area contributed by atoms with Gasteiger partial charge in [0.15, 0.2) is 0 Å². The summed E-state index contributed by atoms with van der Waals surface area (Å²) in [7, 11) is 0. The number of hydrogen-bond acceptors (Lipinski definition) is 2. The number of rotatable bonds is 5. The number of benzene rings is 2. The van der Waals surface area contributed by atoms with Crippen LogP contribution >= 0.6 is 22.6 Å². The van der Waals surface area contributed by atoms with Crippen molar-refractivity contribution in [1.29, 1.82) is 0 Å². The van der Waals surface area contributed by atoms with Gasteiger partial charge < -0.3 is 10.4 Å². The van der Waals surface area contributed by atoms with Gasteiger partial charge in [-0.15, -0.1) is 0 Å². The second-order valence-electron chi connectivity index (χ2n) is 4.52. The number of aliphatic hydroxyl groups excluding tert-OH is 1. The highest BCUT2D eigenvalue weighted by Gasteiger charge is 2.15. The number of aliphatic hydroxyl groups is 1. The van der Waals surface area contributed by atoms with E-state index in [-0.39, 0.29) is 18.6 Å². The summed E-state index contributed by atoms with van der Waals surface area (Å²) >= 11 is 2.13. The largest absolute Gasteiger partial charge is 0.394 e. The Morgan fingerprint density at radius 1 is 1.10 bits per heavy atom. The van der Waals surface area contributed by atoms with Crippen molar-refractivity contribution in [2.75, 3.05) is 6.61 Å². The highest BCUT2D eigenvalue weighted by Crippen LogP contribution is 2.12. The Labute approximate surface area is 132 Å². The van der Waals surface area contributed by atoms with E-state index in [1.807, 2.05) is 48.5 Å². The van der Waals surface area contributed by atoms with E-state index < -0.39 is 0 Å². The monoisotopic (exact) mass is 381 g/mol. The van der Waals surface area contributed by atoms with Crippen molar-refractivity contribution in [1.82, 2.24) is 5.32 Å². The van der Waals surface area contributed by atoms with E-state index in [1.165, 1.54) is 0 Å². The van der Waals surface area contributed by atoms with Gasteiger partial charge in [0.2, 0.25) is 0 Å². The van der Waals surface area contributed by atoms with Crippen LogP contribution in [-0.2, 0) is 6.42 Å². The van der Waals surface area contributed by atoms with Crippen LogP contribution in [0.3, 0.4) is 0 Å². The zero-order valence-electron chi connectivity index (χ0n) is 10.9. The molecule has 20 heavy (non-hydrogen) atoms. The van der Waals surface area contributed by atoms with Gasteiger partial charge in [0.1, 0.15) is 0 Å². The second kappa shape index (κ2) is 7.40. The summed E-state index contributed by atoms with van der Waals surface area (Å²) in [6, 6.07) is 17.0. The van der Waals surface area contributed by atoms with Gasteiger partial charge in [0.25, 0.3) is 5.91 Å². The lowest BCUT2D eigenvalue weighted by molar-refractivity contribution is 0.0915. The maximum Gasteiger partial charge on any atom is 0.252 e. The lowest BCUT2D eigenvalue weighted by Gasteiger charge is -2.17. The van der Waals surface area contributed by atoms with Crippen molar-refractivity contribution >= 4 is 28.5 Å². The molecule has 104 valence electrons. The van der Waals surface area contributed by atoms with Crippen LogP contribution in [0.2, 0.25) is 0 Å². The quantitative estimate of drug-likeness (QED) is 0.783. The van der Waals surface area contributed by atoms with Crippen LogP contribution in [0, 0.1) is 3.57 Å². The molecule has 0 aliphatic heterocycles. The van der Waals surface area contributed by atoms with Gasteiger partial charge in [-0.2, -0.15) is 0 Å². The smallest absolute Gasteiger partial charge is 0.252 e. The van der Waals surface area contributed by atoms with Crippen molar-refractivity contribution in [2.24, 2.45) is 0 Å². The Morgan fingerprint density at radius 2 is 1.75 bits per heavy atom. The van der Waals surface area contributed by atoms with Crippen LogP contribution in [0.4, 0.5) is 0 Å². The van der Waals surface area contributed by atoms with E-state index in [0.717, 1.165) is 9.13 Å². The zero-order valence-corrected chi connectivity index (χ0v) is 13.1. The van der Waals surface area contributed by atoms with Crippen molar-refractivity contribution in [3.63, 3.8) is 0 Å². The molecule has 3 nitrogen and oxygen atoms in total. The Hall–Kier alpha value is -1.40. The maximum absolute atomic E-state index is 12.2. The summed E-state index contributed by atoms with van der Waals surface area (Å²) in [6.07, 6.45) is 0.618. The molecule has 2 aromatic carbocycles. The van der Waals surface area contributed by atoms with E-state index >= 15 is 0 Å². The van der Waals surface area contributed by atoms with Crippen LogP contribution in [-0.4, -0.2) is 23.7 Å². The molecule has 0 spiro atoms. The topological polar surface area (TPSA) is 49.3 Å². The van der Waals surface area contributed by atoms with E-state index in [0.29, 0.717) is 12.0 Å². The molecule has 1 amide bonds. The zero-order chi connectivity index (χ0) is 14.4. The highest BCUT2D eigenvalue weighted by molar-refractivity contribution is 14.1. The molecule has 4 heteroatoms. The van der Waals surface area contributed by atoms with E-state index in [1.54, 1.807) is 6.07 Å². The number of halogens is 1. The SMILES string of the molecule is O=C(N[C@@H](CO)Cc1ccccc1)c1ccccc1I. The van der Waals surface area contributed by atoms with Gasteiger partial charge in [0, 0.05) is 3.57 Å². The van der Waals surface area contributed by atoms with Crippen LogP contribution in [0.5, 0.6) is 0 Å². The number of hydrogen-bond donors (Lipinski definition) is 2. The minimum Gasteiger partial charge on any atom is -0.394 e. The maximum atomic E-state index is 12.2. The highest BCUT2D eigenvalue weighted by atomic mass is 127. The molecule has 0 heterocycles. The fourth-order valence-corrected chi connectivity index (χ4v) is 2.60. The first-order valence-corrected chi connectivity index (χ1v) is 7.48. The molecule has 0 aromatic heterocycles. The Kier molecular flexibility index (Phi) is 5.55. The molecule has 1 atom stereocenters. The average molecular weight is 381 g/mol. The molecule has 0 unspecified atom stereocenters. The fraction of sp³-hybridized carbons (Fsp3) is 0.188. The van der Waals surface area contributed by atoms with Crippen LogP contribution in [0.1, 0.15) is 15.9 Å². The first kappa shape index (κ1) is 15.0. The number of carbonyl (C=O) groups excluding carboxylic acids is 1. The van der Waals surface area contributed by atoms with Gasteiger partial charge >= 0.3 is 0 Å². The minimum absolute atomic E-state index is 0.0793. The molecule has 2 aromatic rings. The molecular weight excluding hydrogens is 365 g/mol. The van der Waals surface area contributed by atoms with Crippen LogP contribution in [0.25, 0.3) is 0 Å². The molecule has 0 saturated heterocycles. The van der Waals surface area contributed by atoms with Crippen LogP contribution in [0.15, 0.2) is 54.6 Å². The third-order valence-electron chi connectivity index (χ3n) is 3.00. The molecule has 0 radical (unpaired) electrons. The summed E-state index contributed by atoms with van der Waals surface area (Å²) in [5, 5.41) is 12.3. The first-order valence-electron chi connectivity index (χ1n) is 6.41. The number of carbonyl (C=O) groups is 1. The van der Waals surface area contributed by atoms with E-state index in [4.69, 9.17) is 0 Å². The van der Waals surface area contributed by atoms with Crippen molar-refractivity contribution < 1.29 is 9.90 Å². The van der Waals surface area contributed by atoms with Gasteiger partial charge in [-0.1, -0.05) is 42.5 Å². The van der Waals surface area contributed by atoms with Crippen molar-refractivity contribution in [3.05, 3.63) is 69.3 Å².